The van der Waals surface area contributed by atoms with E-state index in [9.17, 15) is 9.59 Å². The predicted octanol–water partition coefficient (Wildman–Crippen LogP) is 3.21. The summed E-state index contributed by atoms with van der Waals surface area (Å²) < 4.78 is 12.1. The van der Waals surface area contributed by atoms with Crippen LogP contribution in [0, 0.1) is 6.92 Å². The van der Waals surface area contributed by atoms with Gasteiger partial charge in [0.15, 0.2) is 11.5 Å². The lowest BCUT2D eigenvalue weighted by atomic mass is 10.1. The second-order valence-corrected chi connectivity index (χ2v) is 7.28. The minimum atomic E-state index is -0.277. The molecular weight excluding hydrogens is 376 g/mol. The molecule has 28 heavy (non-hydrogen) atoms. The first-order valence-electron chi connectivity index (χ1n) is 8.75. The van der Waals surface area contributed by atoms with Crippen molar-refractivity contribution in [3.8, 4) is 11.5 Å². The van der Waals surface area contributed by atoms with Crippen molar-refractivity contribution in [3.05, 3.63) is 79.9 Å². The van der Waals surface area contributed by atoms with Crippen LogP contribution in [0.4, 0.5) is 0 Å². The molecule has 146 valence electrons. The van der Waals surface area contributed by atoms with Gasteiger partial charge in [0, 0.05) is 12.7 Å². The van der Waals surface area contributed by atoms with Gasteiger partial charge in [-0.3, -0.25) is 9.59 Å². The summed E-state index contributed by atoms with van der Waals surface area (Å²) in [5.41, 5.74) is 3.04. The number of rotatable bonds is 7. The van der Waals surface area contributed by atoms with Gasteiger partial charge in [-0.2, -0.15) is 0 Å². The maximum absolute atomic E-state index is 12.5. The monoisotopic (exact) mass is 398 g/mol. The number of hydrogen-bond donors (Lipinski definition) is 1. The molecule has 0 aliphatic carbocycles. The molecule has 1 amide bonds. The van der Waals surface area contributed by atoms with Gasteiger partial charge in [-0.05, 0) is 35.7 Å². The van der Waals surface area contributed by atoms with Crippen LogP contribution in [0.1, 0.15) is 26.4 Å². The van der Waals surface area contributed by atoms with E-state index in [4.69, 9.17) is 9.47 Å². The van der Waals surface area contributed by atoms with Crippen LogP contribution >= 0.6 is 11.3 Å². The number of nitrogens with one attached hydrogen (secondary N) is 1. The van der Waals surface area contributed by atoms with Crippen LogP contribution in [0.15, 0.2) is 53.5 Å². The van der Waals surface area contributed by atoms with E-state index in [1.165, 1.54) is 0 Å². The van der Waals surface area contributed by atoms with E-state index in [2.05, 4.69) is 5.32 Å². The number of aromatic nitrogens is 1. The molecule has 1 heterocycles. The first kappa shape index (κ1) is 19.7. The SMILES string of the molecule is COc1ccc(CNC(=O)c2cn(Cc3ccccc3C)c(=O)s2)cc1OC. The van der Waals surface area contributed by atoms with Crippen LogP contribution < -0.4 is 19.7 Å². The van der Waals surface area contributed by atoms with Crippen LogP contribution in [0.2, 0.25) is 0 Å². The zero-order valence-corrected chi connectivity index (χ0v) is 16.8. The molecular formula is C21H22N2O4S. The molecule has 1 N–H and O–H groups in total. The quantitative estimate of drug-likeness (QED) is 0.664. The van der Waals surface area contributed by atoms with Gasteiger partial charge < -0.3 is 19.4 Å². The van der Waals surface area contributed by atoms with E-state index in [1.54, 1.807) is 31.0 Å². The molecule has 0 aliphatic rings. The summed E-state index contributed by atoms with van der Waals surface area (Å²) in [6.07, 6.45) is 1.61. The van der Waals surface area contributed by atoms with E-state index in [0.717, 1.165) is 28.0 Å². The van der Waals surface area contributed by atoms with Crippen molar-refractivity contribution >= 4 is 17.2 Å². The van der Waals surface area contributed by atoms with Gasteiger partial charge in [-0.1, -0.05) is 41.7 Å². The Kier molecular flexibility index (Phi) is 6.16. The third kappa shape index (κ3) is 4.43. The van der Waals surface area contributed by atoms with Gasteiger partial charge in [0.1, 0.15) is 4.88 Å². The minimum absolute atomic E-state index is 0.153. The molecule has 7 heteroatoms. The first-order chi connectivity index (χ1) is 13.5. The number of carbonyl (C=O) groups is 1. The minimum Gasteiger partial charge on any atom is -0.493 e. The Morgan fingerprint density at radius 1 is 1.11 bits per heavy atom. The predicted molar refractivity (Wildman–Crippen MR) is 110 cm³/mol. The molecule has 3 rings (SSSR count). The fraction of sp³-hybridized carbons (Fsp3) is 0.238. The normalized spacial score (nSPS) is 10.5. The number of nitrogens with zero attached hydrogens (tertiary/aromatic N) is 1. The van der Waals surface area contributed by atoms with Crippen molar-refractivity contribution in [3.63, 3.8) is 0 Å². The van der Waals surface area contributed by atoms with Gasteiger partial charge in [0.25, 0.3) is 5.91 Å². The third-order valence-corrected chi connectivity index (χ3v) is 5.35. The summed E-state index contributed by atoms with van der Waals surface area (Å²) in [4.78, 5) is 25.0. The lowest BCUT2D eigenvalue weighted by molar-refractivity contribution is 0.0954. The molecule has 2 aromatic carbocycles. The highest BCUT2D eigenvalue weighted by atomic mass is 32.1. The number of methoxy groups -OCH3 is 2. The molecule has 0 saturated heterocycles. The lowest BCUT2D eigenvalue weighted by Gasteiger charge is -2.10. The molecule has 0 saturated carbocycles. The van der Waals surface area contributed by atoms with Gasteiger partial charge in [-0.15, -0.1) is 0 Å². The summed E-state index contributed by atoms with van der Waals surface area (Å²) in [5, 5.41) is 2.84. The van der Waals surface area contributed by atoms with E-state index in [0.29, 0.717) is 29.5 Å². The Labute approximate surface area is 167 Å². The number of thiazole rings is 1. The van der Waals surface area contributed by atoms with Crippen LogP contribution in [-0.2, 0) is 13.1 Å². The lowest BCUT2D eigenvalue weighted by Crippen LogP contribution is -2.22. The maximum atomic E-state index is 12.5. The topological polar surface area (TPSA) is 69.6 Å². The smallest absolute Gasteiger partial charge is 0.308 e. The molecule has 6 nitrogen and oxygen atoms in total. The molecule has 0 atom stereocenters. The van der Waals surface area contributed by atoms with E-state index in [-0.39, 0.29) is 10.8 Å². The Bertz CT molecular complexity index is 1040. The standard InChI is InChI=1S/C21H22N2O4S/c1-14-6-4-5-7-16(14)12-23-13-19(28-21(23)25)20(24)22-11-15-8-9-17(26-2)18(10-15)27-3/h4-10,13H,11-12H2,1-3H3,(H,22,24). The Morgan fingerprint density at radius 3 is 2.57 bits per heavy atom. The second-order valence-electron chi connectivity index (χ2n) is 6.29. The van der Waals surface area contributed by atoms with Gasteiger partial charge in [0.2, 0.25) is 0 Å². The van der Waals surface area contributed by atoms with Crippen molar-refractivity contribution in [1.29, 1.82) is 0 Å². The Hall–Kier alpha value is -3.06. The van der Waals surface area contributed by atoms with Crippen LogP contribution in [0.5, 0.6) is 11.5 Å². The van der Waals surface area contributed by atoms with Crippen LogP contribution in [0.3, 0.4) is 0 Å². The van der Waals surface area contributed by atoms with E-state index in [1.807, 2.05) is 43.3 Å². The molecule has 0 bridgehead atoms. The first-order valence-corrected chi connectivity index (χ1v) is 9.57. The van der Waals surface area contributed by atoms with Crippen LogP contribution in [0.25, 0.3) is 0 Å². The zero-order chi connectivity index (χ0) is 20.1. The molecule has 0 aliphatic heterocycles. The molecule has 0 spiro atoms. The molecule has 0 radical (unpaired) electrons. The van der Waals surface area contributed by atoms with Gasteiger partial charge >= 0.3 is 4.87 Å². The van der Waals surface area contributed by atoms with Crippen molar-refractivity contribution in [2.24, 2.45) is 0 Å². The van der Waals surface area contributed by atoms with Crippen LogP contribution in [-0.4, -0.2) is 24.7 Å². The summed E-state index contributed by atoms with van der Waals surface area (Å²) in [5.74, 6) is 0.952. The fourth-order valence-electron chi connectivity index (χ4n) is 2.82. The summed E-state index contributed by atoms with van der Waals surface area (Å²) >= 11 is 0.947. The average Bonchev–Trinajstić information content (AvgIpc) is 3.08. The Balaban J connectivity index is 1.68. The number of aryl methyl sites for hydroxylation is 1. The highest BCUT2D eigenvalue weighted by Gasteiger charge is 2.13. The number of benzene rings is 2. The number of ether oxygens (including phenoxy) is 2. The highest BCUT2D eigenvalue weighted by molar-refractivity contribution is 7.11. The molecule has 1 aromatic heterocycles. The Morgan fingerprint density at radius 2 is 1.86 bits per heavy atom. The largest absolute Gasteiger partial charge is 0.493 e. The summed E-state index contributed by atoms with van der Waals surface area (Å²) in [6.45, 7) is 2.78. The molecule has 3 aromatic rings. The fourth-order valence-corrected chi connectivity index (χ4v) is 3.59. The van der Waals surface area contributed by atoms with Gasteiger partial charge in [0.05, 0.1) is 20.8 Å². The average molecular weight is 398 g/mol. The van der Waals surface area contributed by atoms with Crippen molar-refractivity contribution in [1.82, 2.24) is 9.88 Å². The molecule has 0 unspecified atom stereocenters. The van der Waals surface area contributed by atoms with Crippen molar-refractivity contribution in [2.45, 2.75) is 20.0 Å². The highest BCUT2D eigenvalue weighted by Crippen LogP contribution is 2.27. The maximum Gasteiger partial charge on any atom is 0.308 e. The van der Waals surface area contributed by atoms with E-state index >= 15 is 0 Å². The molecule has 0 fully saturated rings. The summed E-state index contributed by atoms with van der Waals surface area (Å²) in [7, 11) is 3.14. The summed E-state index contributed by atoms with van der Waals surface area (Å²) in [6, 6.07) is 13.3. The second kappa shape index (κ2) is 8.75. The van der Waals surface area contributed by atoms with Gasteiger partial charge in [-0.25, -0.2) is 0 Å². The van der Waals surface area contributed by atoms with Crippen molar-refractivity contribution < 1.29 is 14.3 Å². The zero-order valence-electron chi connectivity index (χ0n) is 16.0. The number of carbonyl (C=O) groups excluding carboxylic acids is 1. The third-order valence-electron chi connectivity index (χ3n) is 4.43. The van der Waals surface area contributed by atoms with Crippen molar-refractivity contribution in [2.75, 3.05) is 14.2 Å². The number of amides is 1. The van der Waals surface area contributed by atoms with E-state index < -0.39 is 0 Å². The number of hydrogen-bond acceptors (Lipinski definition) is 5.